The molecule has 5 heteroatoms. The summed E-state index contributed by atoms with van der Waals surface area (Å²) in [6.07, 6.45) is 7.35. The van der Waals surface area contributed by atoms with Gasteiger partial charge < -0.3 is 15.5 Å². The molecule has 2 aromatic rings. The molecule has 0 radical (unpaired) electrons. The fourth-order valence-corrected chi connectivity index (χ4v) is 4.49. The monoisotopic (exact) mass is 406 g/mol. The molecule has 0 saturated carbocycles. The number of hydrogen-bond donors (Lipinski definition) is 2. The number of piperidine rings is 1. The van der Waals surface area contributed by atoms with E-state index in [0.717, 1.165) is 44.7 Å². The Hall–Kier alpha value is -2.53. The predicted octanol–water partition coefficient (Wildman–Crippen LogP) is 4.58. The molecule has 2 saturated heterocycles. The number of nitrogens with zero attached hydrogens (tertiary/aromatic N) is 2. The van der Waals surface area contributed by atoms with Crippen molar-refractivity contribution in [1.82, 2.24) is 4.90 Å². The molecule has 30 heavy (non-hydrogen) atoms. The van der Waals surface area contributed by atoms with Gasteiger partial charge in [-0.1, -0.05) is 31.0 Å². The summed E-state index contributed by atoms with van der Waals surface area (Å²) in [6.45, 7) is 4.64. The lowest BCUT2D eigenvalue weighted by Gasteiger charge is -2.32. The van der Waals surface area contributed by atoms with Crippen LogP contribution < -0.4 is 15.5 Å². The number of amides is 1. The largest absolute Gasteiger partial charge is 0.382 e. The molecule has 0 aliphatic carbocycles. The van der Waals surface area contributed by atoms with Gasteiger partial charge in [-0.3, -0.25) is 9.69 Å². The second kappa shape index (κ2) is 10.5. The minimum atomic E-state index is 0.0759. The molecule has 2 fully saturated rings. The zero-order valence-electron chi connectivity index (χ0n) is 17.9. The number of carbonyl (C=O) groups is 1. The standard InChI is InChI=1S/C25H34N4O/c30-25(20-28-18-14-23(15-19-28)26-21-8-4-3-5-9-21)27-22-10-12-24(13-11-22)29-16-6-1-2-7-17-29/h3-5,8-13,23,26H,1-2,6-7,14-20H2,(H,27,30). The van der Waals surface area contributed by atoms with Crippen molar-refractivity contribution < 1.29 is 4.79 Å². The SMILES string of the molecule is O=C(CN1CCC(Nc2ccccc2)CC1)Nc1ccc(N2CCCCCC2)cc1. The average molecular weight is 407 g/mol. The minimum absolute atomic E-state index is 0.0759. The van der Waals surface area contributed by atoms with Gasteiger partial charge in [-0.2, -0.15) is 0 Å². The number of nitrogens with one attached hydrogen (secondary N) is 2. The first-order valence-corrected chi connectivity index (χ1v) is 11.4. The maximum absolute atomic E-state index is 12.5. The third-order valence-corrected chi connectivity index (χ3v) is 6.22. The highest BCUT2D eigenvalue weighted by molar-refractivity contribution is 5.92. The van der Waals surface area contributed by atoms with E-state index in [1.165, 1.54) is 37.1 Å². The van der Waals surface area contributed by atoms with Gasteiger partial charge in [-0.15, -0.1) is 0 Å². The van der Waals surface area contributed by atoms with E-state index in [0.29, 0.717) is 12.6 Å². The summed E-state index contributed by atoms with van der Waals surface area (Å²) in [6, 6.07) is 19.2. The lowest BCUT2D eigenvalue weighted by atomic mass is 10.0. The molecule has 0 aromatic heterocycles. The van der Waals surface area contributed by atoms with Gasteiger partial charge in [0.15, 0.2) is 0 Å². The number of hydrogen-bond acceptors (Lipinski definition) is 4. The summed E-state index contributed by atoms with van der Waals surface area (Å²) in [7, 11) is 0. The molecule has 2 aromatic carbocycles. The number of benzene rings is 2. The fraction of sp³-hybridized carbons (Fsp3) is 0.480. The third-order valence-electron chi connectivity index (χ3n) is 6.22. The van der Waals surface area contributed by atoms with Crippen molar-refractivity contribution in [1.29, 1.82) is 0 Å². The van der Waals surface area contributed by atoms with Crippen molar-refractivity contribution in [2.24, 2.45) is 0 Å². The Bertz CT molecular complexity index is 777. The molecule has 2 heterocycles. The summed E-state index contributed by atoms with van der Waals surface area (Å²) >= 11 is 0. The van der Waals surface area contributed by atoms with E-state index in [4.69, 9.17) is 0 Å². The predicted molar refractivity (Wildman–Crippen MR) is 125 cm³/mol. The van der Waals surface area contributed by atoms with Gasteiger partial charge in [0.25, 0.3) is 0 Å². The summed E-state index contributed by atoms with van der Waals surface area (Å²) in [4.78, 5) is 17.2. The number of rotatable bonds is 6. The van der Waals surface area contributed by atoms with Crippen LogP contribution in [0.3, 0.4) is 0 Å². The maximum atomic E-state index is 12.5. The molecular formula is C25H34N4O. The van der Waals surface area contributed by atoms with Gasteiger partial charge in [0.1, 0.15) is 0 Å². The number of carbonyl (C=O) groups excluding carboxylic acids is 1. The minimum Gasteiger partial charge on any atom is -0.382 e. The molecule has 2 aliphatic heterocycles. The second-order valence-electron chi connectivity index (χ2n) is 8.56. The molecule has 160 valence electrons. The topological polar surface area (TPSA) is 47.6 Å². The zero-order chi connectivity index (χ0) is 20.6. The molecule has 4 rings (SSSR count). The summed E-state index contributed by atoms with van der Waals surface area (Å²) < 4.78 is 0. The molecular weight excluding hydrogens is 372 g/mol. The highest BCUT2D eigenvalue weighted by Crippen LogP contribution is 2.22. The van der Waals surface area contributed by atoms with Crippen LogP contribution in [0.4, 0.5) is 17.1 Å². The van der Waals surface area contributed by atoms with Gasteiger partial charge in [-0.25, -0.2) is 0 Å². The molecule has 1 amide bonds. The number of anilines is 3. The number of likely N-dealkylation sites (tertiary alicyclic amines) is 1. The Labute approximate surface area is 180 Å². The molecule has 2 aliphatic rings. The van der Waals surface area contributed by atoms with E-state index in [1.54, 1.807) is 0 Å². The van der Waals surface area contributed by atoms with Crippen molar-refractivity contribution in [3.63, 3.8) is 0 Å². The van der Waals surface area contributed by atoms with E-state index < -0.39 is 0 Å². The van der Waals surface area contributed by atoms with Crippen molar-refractivity contribution in [2.75, 3.05) is 48.3 Å². The van der Waals surface area contributed by atoms with Crippen LogP contribution in [0.2, 0.25) is 0 Å². The molecule has 2 N–H and O–H groups in total. The van der Waals surface area contributed by atoms with Crippen molar-refractivity contribution in [3.05, 3.63) is 54.6 Å². The first-order chi connectivity index (χ1) is 14.8. The average Bonchev–Trinajstić information content (AvgIpc) is 3.06. The van der Waals surface area contributed by atoms with E-state index in [2.05, 4.69) is 56.8 Å². The summed E-state index contributed by atoms with van der Waals surface area (Å²) in [5.41, 5.74) is 3.33. The maximum Gasteiger partial charge on any atom is 0.238 e. The Morgan fingerprint density at radius 1 is 0.800 bits per heavy atom. The first kappa shape index (κ1) is 20.7. The van der Waals surface area contributed by atoms with Gasteiger partial charge >= 0.3 is 0 Å². The Balaban J connectivity index is 1.20. The second-order valence-corrected chi connectivity index (χ2v) is 8.56. The van der Waals surface area contributed by atoms with Gasteiger partial charge in [0.2, 0.25) is 5.91 Å². The Kier molecular flexibility index (Phi) is 7.25. The molecule has 0 spiro atoms. The smallest absolute Gasteiger partial charge is 0.238 e. The van der Waals surface area contributed by atoms with Crippen LogP contribution in [0.5, 0.6) is 0 Å². The molecule has 5 nitrogen and oxygen atoms in total. The van der Waals surface area contributed by atoms with Crippen molar-refractivity contribution >= 4 is 23.0 Å². The van der Waals surface area contributed by atoms with Crippen LogP contribution in [-0.4, -0.2) is 49.6 Å². The van der Waals surface area contributed by atoms with Crippen LogP contribution in [0.15, 0.2) is 54.6 Å². The molecule has 0 bridgehead atoms. The van der Waals surface area contributed by atoms with E-state index in [-0.39, 0.29) is 5.91 Å². The van der Waals surface area contributed by atoms with Gasteiger partial charge in [0.05, 0.1) is 6.54 Å². The highest BCUT2D eigenvalue weighted by Gasteiger charge is 2.20. The summed E-state index contributed by atoms with van der Waals surface area (Å²) in [5, 5.41) is 6.67. The van der Waals surface area contributed by atoms with E-state index in [1.807, 2.05) is 18.2 Å². The van der Waals surface area contributed by atoms with Crippen LogP contribution in [-0.2, 0) is 4.79 Å². The lowest BCUT2D eigenvalue weighted by molar-refractivity contribution is -0.117. The zero-order valence-corrected chi connectivity index (χ0v) is 17.9. The number of para-hydroxylation sites is 1. The van der Waals surface area contributed by atoms with Crippen LogP contribution in [0, 0.1) is 0 Å². The normalized spacial score (nSPS) is 18.6. The Morgan fingerprint density at radius 2 is 1.47 bits per heavy atom. The van der Waals surface area contributed by atoms with Crippen LogP contribution in [0.25, 0.3) is 0 Å². The molecule has 0 atom stereocenters. The van der Waals surface area contributed by atoms with Crippen LogP contribution >= 0.6 is 0 Å². The molecule has 0 unspecified atom stereocenters. The van der Waals surface area contributed by atoms with Crippen molar-refractivity contribution in [2.45, 2.75) is 44.6 Å². The first-order valence-electron chi connectivity index (χ1n) is 11.4. The lowest BCUT2D eigenvalue weighted by Crippen LogP contribution is -2.42. The fourth-order valence-electron chi connectivity index (χ4n) is 4.49. The van der Waals surface area contributed by atoms with Gasteiger partial charge in [0, 0.05) is 49.3 Å². The third kappa shape index (κ3) is 5.99. The van der Waals surface area contributed by atoms with Crippen LogP contribution in [0.1, 0.15) is 38.5 Å². The van der Waals surface area contributed by atoms with Gasteiger partial charge in [-0.05, 0) is 62.1 Å². The quantitative estimate of drug-likeness (QED) is 0.737. The summed E-state index contributed by atoms with van der Waals surface area (Å²) in [5.74, 6) is 0.0759. The van der Waals surface area contributed by atoms with E-state index in [9.17, 15) is 4.79 Å². The Morgan fingerprint density at radius 3 is 2.13 bits per heavy atom. The van der Waals surface area contributed by atoms with E-state index >= 15 is 0 Å². The highest BCUT2D eigenvalue weighted by atomic mass is 16.2. The van der Waals surface area contributed by atoms with Crippen molar-refractivity contribution in [3.8, 4) is 0 Å².